The summed E-state index contributed by atoms with van der Waals surface area (Å²) in [4.78, 5) is 0. The van der Waals surface area contributed by atoms with E-state index in [2.05, 4.69) is 118 Å². The van der Waals surface area contributed by atoms with Crippen LogP contribution in [0.15, 0.2) is 0 Å². The van der Waals surface area contributed by atoms with E-state index >= 15 is 0 Å². The van der Waals surface area contributed by atoms with Gasteiger partial charge in [0.1, 0.15) is 0 Å². The second-order valence-corrected chi connectivity index (χ2v) is 77.5. The molecule has 0 aliphatic rings. The number of hydrogen-bond donors (Lipinski definition) is 0. The maximum absolute atomic E-state index is 2.59. The molecular formula is C24H66HgSi6Sn2. The van der Waals surface area contributed by atoms with Crippen molar-refractivity contribution in [2.45, 2.75) is 142 Å². The van der Waals surface area contributed by atoms with Crippen molar-refractivity contribution >= 4 is 88.0 Å². The molecule has 2 radical (unpaired) electrons. The fraction of sp³-hybridized carbons (Fsp3) is 1.00. The van der Waals surface area contributed by atoms with Crippen LogP contribution in [0.3, 0.4) is 0 Å². The Hall–Kier alpha value is 3.83. The topological polar surface area (TPSA) is 0 Å². The third-order valence-corrected chi connectivity index (χ3v) is 94.2. The van der Waals surface area contributed by atoms with Gasteiger partial charge in [0.2, 0.25) is 0 Å². The Balaban J connectivity index is -0.000000529. The van der Waals surface area contributed by atoms with Gasteiger partial charge in [-0.25, -0.2) is 0 Å². The fourth-order valence-electron chi connectivity index (χ4n) is 4.87. The van der Waals surface area contributed by atoms with Crippen LogP contribution in [0.4, 0.5) is 0 Å². The predicted octanol–water partition coefficient (Wildman–Crippen LogP) is 10.2. The molecule has 0 saturated heterocycles. The fourth-order valence-corrected chi connectivity index (χ4v) is 113. The molecule has 0 aliphatic carbocycles. The average Bonchev–Trinajstić information content (AvgIpc) is 2.24. The Kier molecular flexibility index (Phi) is 20.3. The second-order valence-electron chi connectivity index (χ2n) is 17.9. The second kappa shape index (κ2) is 16.2. The molecule has 0 fully saturated rings. The normalized spacial score (nSPS) is 14.2. The quantitative estimate of drug-likeness (QED) is 0.171. The maximum Gasteiger partial charge on any atom is 0 e. The van der Waals surface area contributed by atoms with Crippen LogP contribution >= 0.6 is 0 Å². The van der Waals surface area contributed by atoms with Crippen molar-refractivity contribution in [2.24, 2.45) is 0 Å². The Morgan fingerprint density at radius 1 is 0.273 bits per heavy atom. The van der Waals surface area contributed by atoms with Crippen LogP contribution in [0.1, 0.15) is 0 Å². The first-order valence-electron chi connectivity index (χ1n) is 13.2. The predicted molar refractivity (Wildman–Crippen MR) is 180 cm³/mol. The van der Waals surface area contributed by atoms with Gasteiger partial charge in [0, 0.05) is 27.7 Å². The van der Waals surface area contributed by atoms with E-state index in [0.29, 0.717) is 0 Å². The van der Waals surface area contributed by atoms with Crippen LogP contribution in [-0.2, 0) is 27.7 Å². The molecule has 0 aliphatic heterocycles. The molecule has 9 heteroatoms. The summed E-state index contributed by atoms with van der Waals surface area (Å²) in [6, 6.07) is 0. The van der Waals surface area contributed by atoms with Gasteiger partial charge in [-0.2, -0.15) is 0 Å². The molecule has 0 spiro atoms. The van der Waals surface area contributed by atoms with E-state index in [0.717, 1.165) is 0 Å². The Morgan fingerprint density at radius 2 is 0.364 bits per heavy atom. The monoisotopic (exact) mass is 964 g/mol. The number of hydrogen-bond acceptors (Lipinski definition) is 0. The van der Waals surface area contributed by atoms with Gasteiger partial charge in [-0.05, 0) is 0 Å². The first-order valence-corrected chi connectivity index (χ1v) is 47.6. The van der Waals surface area contributed by atoms with Crippen LogP contribution < -0.4 is 0 Å². The van der Waals surface area contributed by atoms with E-state index in [9.17, 15) is 0 Å². The molecular weight excluding hydrogens is 895 g/mol. The minimum Gasteiger partial charge on any atom is 0 e. The molecule has 0 bridgehead atoms. The molecule has 0 rings (SSSR count). The summed E-state index contributed by atoms with van der Waals surface area (Å²) in [6.45, 7) is 46.5. The van der Waals surface area contributed by atoms with Gasteiger partial charge in [-0.15, -0.1) is 0 Å². The molecule has 33 heavy (non-hydrogen) atoms. The molecule has 0 N–H and O–H groups in total. The average molecular weight is 961 g/mol. The van der Waals surface area contributed by atoms with Gasteiger partial charge < -0.3 is 0 Å². The molecule has 0 amide bonds. The van der Waals surface area contributed by atoms with E-state index in [1.54, 1.807) is 24.4 Å². The van der Waals surface area contributed by atoms with Crippen molar-refractivity contribution in [1.29, 1.82) is 0 Å². The molecule has 196 valence electrons. The molecule has 0 aromatic heterocycles. The maximum atomic E-state index is 2.59. The molecule has 0 aromatic carbocycles. The van der Waals surface area contributed by atoms with Crippen LogP contribution in [0.25, 0.3) is 0 Å². The van der Waals surface area contributed by atoms with Crippen molar-refractivity contribution < 1.29 is 27.7 Å². The first kappa shape index (κ1) is 41.3. The van der Waals surface area contributed by atoms with Gasteiger partial charge >= 0.3 is 230 Å². The zero-order valence-electron chi connectivity index (χ0n) is 26.9. The van der Waals surface area contributed by atoms with E-state index in [4.69, 9.17) is 0 Å². The zero-order chi connectivity index (χ0) is 26.4. The summed E-state index contributed by atoms with van der Waals surface area (Å²) in [5.74, 6) is 0. The molecule has 0 atom stereocenters. The van der Waals surface area contributed by atoms with E-state index < -0.39 is 88.0 Å². The van der Waals surface area contributed by atoms with Crippen molar-refractivity contribution in [3.63, 3.8) is 0 Å². The van der Waals surface area contributed by atoms with Crippen LogP contribution in [-0.4, -0.2) is 88.0 Å². The van der Waals surface area contributed by atoms with Crippen LogP contribution in [0.2, 0.25) is 142 Å². The summed E-state index contributed by atoms with van der Waals surface area (Å²) >= 11 is -2.07. The van der Waals surface area contributed by atoms with E-state index in [1.807, 2.05) is 0 Å². The minimum atomic E-state index is -1.04. The molecule has 0 heterocycles. The van der Waals surface area contributed by atoms with Gasteiger partial charge in [0.25, 0.3) is 0 Å². The summed E-state index contributed by atoms with van der Waals surface area (Å²) < 4.78 is 10.5. The smallest absolute Gasteiger partial charge is 0 e. The SMILES string of the molecule is C[Si](C)(C)[CH2][Sn]([CH2][Si](C)(C)C)[CH2][Si](C)(C)C.C[Si](C)(C)[CH2][Sn]([CH2][Si](C)(C)C)[CH2][Si](C)(C)C.[Hg]. The Bertz CT molecular complexity index is 394. The molecule has 0 nitrogen and oxygen atoms in total. The van der Waals surface area contributed by atoms with E-state index in [1.165, 1.54) is 0 Å². The van der Waals surface area contributed by atoms with Gasteiger partial charge in [-0.1, -0.05) is 0 Å². The van der Waals surface area contributed by atoms with Crippen LogP contribution in [0, 0.1) is 0 Å². The summed E-state index contributed by atoms with van der Waals surface area (Å²) in [6.07, 6.45) is 0. The Labute approximate surface area is 254 Å². The van der Waals surface area contributed by atoms with Crippen molar-refractivity contribution in [3.05, 3.63) is 0 Å². The molecule has 0 aromatic rings. The van der Waals surface area contributed by atoms with E-state index in [-0.39, 0.29) is 27.7 Å². The van der Waals surface area contributed by atoms with Gasteiger partial charge in [-0.3, -0.25) is 0 Å². The third kappa shape index (κ3) is 35.8. The number of rotatable bonds is 12. The molecule has 0 unspecified atom stereocenters. The minimum absolute atomic E-state index is 0. The van der Waals surface area contributed by atoms with Crippen molar-refractivity contribution in [3.8, 4) is 0 Å². The van der Waals surface area contributed by atoms with Gasteiger partial charge in [0.15, 0.2) is 0 Å². The summed E-state index contributed by atoms with van der Waals surface area (Å²) in [5, 5.41) is 0. The Morgan fingerprint density at radius 3 is 0.424 bits per heavy atom. The van der Waals surface area contributed by atoms with Gasteiger partial charge in [0.05, 0.1) is 0 Å². The largest absolute Gasteiger partial charge is 0 e. The zero-order valence-corrected chi connectivity index (χ0v) is 44.2. The molecule has 0 saturated carbocycles. The third-order valence-electron chi connectivity index (χ3n) is 4.68. The van der Waals surface area contributed by atoms with Crippen molar-refractivity contribution in [2.75, 3.05) is 0 Å². The standard InChI is InChI=1S/6C4H11Si.Hg.2Sn/c6*1-5(2,3)4;;;/h6*1H2,2-4H3;;;. The van der Waals surface area contributed by atoms with Crippen molar-refractivity contribution in [1.82, 2.24) is 0 Å². The first-order chi connectivity index (χ1) is 13.6. The summed E-state index contributed by atoms with van der Waals surface area (Å²) in [5.41, 5.74) is 0. The van der Waals surface area contributed by atoms with Crippen LogP contribution in [0.5, 0.6) is 0 Å². The summed E-state index contributed by atoms with van der Waals surface area (Å²) in [7, 11) is -4.73.